The Balaban J connectivity index is 2.45. The number of pyridine rings is 1. The molecule has 2 rings (SSSR count). The molecule has 0 amide bonds. The molecule has 1 saturated carbocycles. The summed E-state index contributed by atoms with van der Waals surface area (Å²) in [6, 6.07) is 0.121. The van der Waals surface area contributed by atoms with Crippen LogP contribution in [-0.4, -0.2) is 35.6 Å². The first kappa shape index (κ1) is 18.8. The first-order valence-electron chi connectivity index (χ1n) is 7.68. The molecule has 0 bridgehead atoms. The Morgan fingerprint density at radius 1 is 1.38 bits per heavy atom. The first-order chi connectivity index (χ1) is 11.4. The van der Waals surface area contributed by atoms with E-state index in [1.807, 2.05) is 0 Å². The number of ketones is 1. The maximum atomic E-state index is 14.2. The second-order valence-corrected chi connectivity index (χ2v) is 6.05. The molecule has 0 aromatic carbocycles. The molecule has 0 N–H and O–H groups in total. The van der Waals surface area contributed by atoms with E-state index in [1.165, 1.54) is 6.21 Å². The summed E-state index contributed by atoms with van der Waals surface area (Å²) in [7, 11) is 0. The average Bonchev–Trinajstić information content (AvgIpc) is 3.35. The Kier molecular flexibility index (Phi) is 6.29. The summed E-state index contributed by atoms with van der Waals surface area (Å²) in [4.78, 5) is 32.8. The van der Waals surface area contributed by atoms with Crippen LogP contribution in [0.15, 0.2) is 4.99 Å². The average molecular weight is 375 g/mol. The minimum absolute atomic E-state index is 0.0270. The van der Waals surface area contributed by atoms with Crippen LogP contribution in [0.3, 0.4) is 0 Å². The number of ether oxygens (including phenoxy) is 1. The second kappa shape index (κ2) is 8.03. The van der Waals surface area contributed by atoms with Crippen molar-refractivity contribution in [2.75, 3.05) is 6.61 Å². The van der Waals surface area contributed by atoms with Gasteiger partial charge in [-0.25, -0.2) is 9.37 Å². The Bertz CT molecular complexity index is 690. The number of aromatic nitrogens is 1. The fraction of sp³-hybridized carbons (Fsp3) is 0.500. The van der Waals surface area contributed by atoms with Crippen molar-refractivity contribution in [1.29, 1.82) is 0 Å². The van der Waals surface area contributed by atoms with E-state index in [2.05, 4.69) is 9.98 Å². The summed E-state index contributed by atoms with van der Waals surface area (Å²) < 4.78 is 19.1. The normalized spacial score (nSPS) is 15.5. The van der Waals surface area contributed by atoms with Crippen molar-refractivity contribution in [3.8, 4) is 0 Å². The zero-order chi connectivity index (χ0) is 17.9. The lowest BCUT2D eigenvalue weighted by atomic mass is 9.94. The highest BCUT2D eigenvalue weighted by Gasteiger charge is 2.33. The maximum absolute atomic E-state index is 14.2. The van der Waals surface area contributed by atoms with Gasteiger partial charge in [-0.15, -0.1) is 0 Å². The van der Waals surface area contributed by atoms with Crippen molar-refractivity contribution in [3.63, 3.8) is 0 Å². The number of hydrogen-bond donors (Lipinski definition) is 0. The van der Waals surface area contributed by atoms with Crippen LogP contribution in [0.4, 0.5) is 4.39 Å². The van der Waals surface area contributed by atoms with Gasteiger partial charge in [0, 0.05) is 17.8 Å². The minimum Gasteiger partial charge on any atom is -0.465 e. The van der Waals surface area contributed by atoms with Crippen molar-refractivity contribution >= 4 is 41.2 Å². The van der Waals surface area contributed by atoms with Crippen LogP contribution in [0.2, 0.25) is 10.3 Å². The van der Waals surface area contributed by atoms with Crippen LogP contribution in [-0.2, 0) is 16.0 Å². The van der Waals surface area contributed by atoms with Gasteiger partial charge in [0.1, 0.15) is 5.15 Å². The fourth-order valence-electron chi connectivity index (χ4n) is 2.19. The molecule has 1 unspecified atom stereocenters. The molecular formula is C16H17Cl2FN2O3. The first-order valence-corrected chi connectivity index (χ1v) is 8.43. The van der Waals surface area contributed by atoms with Gasteiger partial charge >= 0.3 is 5.97 Å². The van der Waals surface area contributed by atoms with Crippen molar-refractivity contribution in [2.45, 2.75) is 39.2 Å². The summed E-state index contributed by atoms with van der Waals surface area (Å²) >= 11 is 11.7. The van der Waals surface area contributed by atoms with Crippen molar-refractivity contribution in [1.82, 2.24) is 4.98 Å². The quantitative estimate of drug-likeness (QED) is 0.240. The van der Waals surface area contributed by atoms with Crippen LogP contribution in [0, 0.1) is 11.7 Å². The van der Waals surface area contributed by atoms with E-state index in [1.54, 1.807) is 13.8 Å². The van der Waals surface area contributed by atoms with Crippen molar-refractivity contribution in [2.24, 2.45) is 10.9 Å². The molecule has 1 heterocycles. The van der Waals surface area contributed by atoms with Gasteiger partial charge in [-0.1, -0.05) is 30.1 Å². The largest absolute Gasteiger partial charge is 0.465 e. The van der Waals surface area contributed by atoms with Crippen molar-refractivity contribution in [3.05, 3.63) is 27.3 Å². The molecule has 5 nitrogen and oxygen atoms in total. The number of esters is 1. The molecule has 0 saturated heterocycles. The number of carbonyl (C=O) groups excluding carboxylic acids is 2. The van der Waals surface area contributed by atoms with Gasteiger partial charge < -0.3 is 4.74 Å². The lowest BCUT2D eigenvalue weighted by Crippen LogP contribution is -2.29. The highest BCUT2D eigenvalue weighted by atomic mass is 35.5. The molecular weight excluding hydrogens is 358 g/mol. The summed E-state index contributed by atoms with van der Waals surface area (Å²) in [5.41, 5.74) is -0.125. The molecule has 8 heteroatoms. The van der Waals surface area contributed by atoms with E-state index in [4.69, 9.17) is 27.9 Å². The van der Waals surface area contributed by atoms with E-state index in [0.29, 0.717) is 0 Å². The standard InChI is InChI=1S/C16H17Cl2FN2O3/c1-3-9-11(14(17)21-15(18)12(9)19)13(22)10(16(23)24-4-2)7-20-8-5-6-8/h7-8,10H,3-6H2,1-2H3. The Labute approximate surface area is 149 Å². The molecule has 1 aliphatic rings. The molecule has 1 aromatic heterocycles. The van der Waals surface area contributed by atoms with Gasteiger partial charge in [0.25, 0.3) is 0 Å². The van der Waals surface area contributed by atoms with Gasteiger partial charge in [0.15, 0.2) is 22.7 Å². The SMILES string of the molecule is CCOC(=O)C(C=NC1CC1)C(=O)c1c(Cl)nc(Cl)c(F)c1CC. The number of rotatable bonds is 7. The van der Waals surface area contributed by atoms with E-state index >= 15 is 0 Å². The second-order valence-electron chi connectivity index (χ2n) is 5.34. The Morgan fingerprint density at radius 2 is 2.04 bits per heavy atom. The summed E-state index contributed by atoms with van der Waals surface area (Å²) in [6.45, 7) is 3.40. The maximum Gasteiger partial charge on any atom is 0.322 e. The molecule has 0 radical (unpaired) electrons. The number of carbonyl (C=O) groups is 2. The summed E-state index contributed by atoms with van der Waals surface area (Å²) in [5, 5.41) is -0.648. The molecule has 1 fully saturated rings. The molecule has 24 heavy (non-hydrogen) atoms. The van der Waals surface area contributed by atoms with E-state index in [9.17, 15) is 14.0 Å². The van der Waals surface area contributed by atoms with E-state index in [0.717, 1.165) is 12.8 Å². The number of nitrogens with zero attached hydrogens (tertiary/aromatic N) is 2. The smallest absolute Gasteiger partial charge is 0.322 e. The molecule has 1 atom stereocenters. The monoisotopic (exact) mass is 374 g/mol. The van der Waals surface area contributed by atoms with Crippen molar-refractivity contribution < 1.29 is 18.7 Å². The molecule has 0 aliphatic heterocycles. The third-order valence-electron chi connectivity index (χ3n) is 3.57. The van der Waals surface area contributed by atoms with Crippen LogP contribution in [0.5, 0.6) is 0 Å². The van der Waals surface area contributed by atoms with E-state index < -0.39 is 28.6 Å². The van der Waals surface area contributed by atoms with Gasteiger partial charge in [0.05, 0.1) is 12.2 Å². The highest BCUT2D eigenvalue weighted by molar-refractivity contribution is 6.36. The van der Waals surface area contributed by atoms with Gasteiger partial charge in [-0.3, -0.25) is 14.6 Å². The summed E-state index contributed by atoms with van der Waals surface area (Å²) in [5.74, 6) is -3.53. The third-order valence-corrected chi connectivity index (χ3v) is 4.09. The number of halogens is 3. The molecule has 0 spiro atoms. The van der Waals surface area contributed by atoms with Crippen LogP contribution in [0.1, 0.15) is 42.6 Å². The lowest BCUT2D eigenvalue weighted by Gasteiger charge is -2.15. The zero-order valence-electron chi connectivity index (χ0n) is 13.3. The predicted octanol–water partition coefficient (Wildman–Crippen LogP) is 3.69. The molecule has 130 valence electrons. The Hall–Kier alpha value is -1.53. The van der Waals surface area contributed by atoms with Gasteiger partial charge in [-0.05, 0) is 26.2 Å². The van der Waals surface area contributed by atoms with Gasteiger partial charge in [-0.2, -0.15) is 0 Å². The fourth-order valence-corrected chi connectivity index (χ4v) is 2.72. The number of Topliss-reactive ketones (excluding diaryl/α,β-unsaturated/α-hetero) is 1. The number of aliphatic imine (C=N–C) groups is 1. The zero-order valence-corrected chi connectivity index (χ0v) is 14.8. The van der Waals surface area contributed by atoms with Crippen LogP contribution in [0.25, 0.3) is 0 Å². The minimum atomic E-state index is -1.28. The topological polar surface area (TPSA) is 68.6 Å². The lowest BCUT2D eigenvalue weighted by molar-refractivity contribution is -0.143. The predicted molar refractivity (Wildman–Crippen MR) is 89.6 cm³/mol. The molecule has 1 aliphatic carbocycles. The van der Waals surface area contributed by atoms with Crippen LogP contribution < -0.4 is 0 Å². The van der Waals surface area contributed by atoms with E-state index in [-0.39, 0.29) is 35.3 Å². The third kappa shape index (κ3) is 4.11. The summed E-state index contributed by atoms with van der Waals surface area (Å²) in [6.07, 6.45) is 3.26. The molecule has 1 aromatic rings. The van der Waals surface area contributed by atoms with Gasteiger partial charge in [0.2, 0.25) is 0 Å². The van der Waals surface area contributed by atoms with Crippen LogP contribution >= 0.6 is 23.2 Å². The Morgan fingerprint density at radius 3 is 2.58 bits per heavy atom. The highest BCUT2D eigenvalue weighted by Crippen LogP contribution is 2.29. The number of hydrogen-bond acceptors (Lipinski definition) is 5.